The first kappa shape index (κ1) is 9.35. The Morgan fingerprint density at radius 3 is 2.10 bits per heavy atom. The predicted molar refractivity (Wildman–Crippen MR) is 35.0 cm³/mol. The van der Waals surface area contributed by atoms with E-state index in [0.29, 0.717) is 0 Å². The minimum absolute atomic E-state index is 0.104. The molecule has 0 aromatic rings. The molecule has 5 nitrogen and oxygen atoms in total. The van der Waals surface area contributed by atoms with E-state index in [2.05, 4.69) is 0 Å². The predicted octanol–water partition coefficient (Wildman–Crippen LogP) is -1.69. The van der Waals surface area contributed by atoms with Crippen LogP contribution in [0, 0.1) is 5.92 Å². The lowest BCUT2D eigenvalue weighted by atomic mass is 10.0. The van der Waals surface area contributed by atoms with Crippen LogP contribution in [0.25, 0.3) is 0 Å². The van der Waals surface area contributed by atoms with Crippen LogP contribution in [0.15, 0.2) is 0 Å². The molecule has 0 aliphatic carbocycles. The molecular formula is C5H12N2O3. The van der Waals surface area contributed by atoms with Crippen molar-refractivity contribution in [2.75, 3.05) is 6.61 Å². The second-order valence-electron chi connectivity index (χ2n) is 2.03. The van der Waals surface area contributed by atoms with Crippen molar-refractivity contribution < 1.29 is 15.0 Å². The molecule has 0 aromatic heterocycles. The monoisotopic (exact) mass is 148 g/mol. The summed E-state index contributed by atoms with van der Waals surface area (Å²) in [5.74, 6) is -1.91. The van der Waals surface area contributed by atoms with Gasteiger partial charge in [-0.1, -0.05) is 0 Å². The molecule has 5 heteroatoms. The third-order valence-electron chi connectivity index (χ3n) is 1.22. The SMILES string of the molecule is NC(N)C(CCO)C(=O)O. The van der Waals surface area contributed by atoms with Gasteiger partial charge in [-0.25, -0.2) is 0 Å². The maximum absolute atomic E-state index is 10.3. The molecule has 0 fully saturated rings. The Kier molecular flexibility index (Phi) is 3.94. The molecule has 0 saturated carbocycles. The molecule has 0 radical (unpaired) electrons. The lowest BCUT2D eigenvalue weighted by molar-refractivity contribution is -0.143. The Balaban J connectivity index is 3.85. The summed E-state index contributed by atoms with van der Waals surface area (Å²) < 4.78 is 0. The van der Waals surface area contributed by atoms with Gasteiger partial charge in [0.2, 0.25) is 0 Å². The van der Waals surface area contributed by atoms with Crippen molar-refractivity contribution in [2.45, 2.75) is 12.6 Å². The van der Waals surface area contributed by atoms with Crippen LogP contribution in [0.5, 0.6) is 0 Å². The molecule has 0 heterocycles. The molecule has 0 spiro atoms. The minimum atomic E-state index is -1.07. The number of rotatable bonds is 4. The molecule has 0 bridgehead atoms. The highest BCUT2D eigenvalue weighted by molar-refractivity contribution is 5.70. The highest BCUT2D eigenvalue weighted by atomic mass is 16.4. The summed E-state index contributed by atoms with van der Waals surface area (Å²) >= 11 is 0. The van der Waals surface area contributed by atoms with Crippen LogP contribution in [0.1, 0.15) is 6.42 Å². The quantitative estimate of drug-likeness (QED) is 0.356. The first-order valence-corrected chi connectivity index (χ1v) is 2.94. The van der Waals surface area contributed by atoms with Gasteiger partial charge in [0.15, 0.2) is 0 Å². The summed E-state index contributed by atoms with van der Waals surface area (Å²) in [7, 11) is 0. The number of nitrogens with two attached hydrogens (primary N) is 2. The van der Waals surface area contributed by atoms with E-state index in [-0.39, 0.29) is 13.0 Å². The van der Waals surface area contributed by atoms with E-state index in [1.807, 2.05) is 0 Å². The van der Waals surface area contributed by atoms with Gasteiger partial charge in [0.25, 0.3) is 0 Å². The number of carboxylic acids is 1. The van der Waals surface area contributed by atoms with Crippen molar-refractivity contribution in [1.82, 2.24) is 0 Å². The molecule has 0 aliphatic heterocycles. The second kappa shape index (κ2) is 4.21. The van der Waals surface area contributed by atoms with Crippen LogP contribution in [-0.2, 0) is 4.79 Å². The normalized spacial score (nSPS) is 13.6. The van der Waals surface area contributed by atoms with Gasteiger partial charge in [0, 0.05) is 6.61 Å². The topological polar surface area (TPSA) is 110 Å². The average molecular weight is 148 g/mol. The Morgan fingerprint density at radius 1 is 1.50 bits per heavy atom. The van der Waals surface area contributed by atoms with Crippen molar-refractivity contribution >= 4 is 5.97 Å². The first-order valence-electron chi connectivity index (χ1n) is 2.94. The van der Waals surface area contributed by atoms with Crippen molar-refractivity contribution in [1.29, 1.82) is 0 Å². The van der Waals surface area contributed by atoms with Crippen molar-refractivity contribution in [3.05, 3.63) is 0 Å². The lowest BCUT2D eigenvalue weighted by Gasteiger charge is -2.13. The van der Waals surface area contributed by atoms with E-state index in [9.17, 15) is 4.79 Å². The van der Waals surface area contributed by atoms with Gasteiger partial charge in [-0.05, 0) is 6.42 Å². The molecular weight excluding hydrogens is 136 g/mol. The van der Waals surface area contributed by atoms with Gasteiger partial charge in [-0.15, -0.1) is 0 Å². The summed E-state index contributed by atoms with van der Waals surface area (Å²) in [6, 6.07) is 0. The largest absolute Gasteiger partial charge is 0.481 e. The van der Waals surface area contributed by atoms with Crippen molar-refractivity contribution in [3.8, 4) is 0 Å². The van der Waals surface area contributed by atoms with E-state index in [4.69, 9.17) is 21.7 Å². The van der Waals surface area contributed by atoms with Crippen molar-refractivity contribution in [2.24, 2.45) is 17.4 Å². The Labute approximate surface area is 58.6 Å². The first-order chi connectivity index (χ1) is 4.59. The maximum Gasteiger partial charge on any atom is 0.309 e. The Morgan fingerprint density at radius 2 is 2.00 bits per heavy atom. The maximum atomic E-state index is 10.3. The van der Waals surface area contributed by atoms with Gasteiger partial charge < -0.3 is 21.7 Å². The Hall–Kier alpha value is -0.650. The number of carboxylic acid groups (broad SMARTS) is 1. The average Bonchev–Trinajstić information content (AvgIpc) is 1.81. The van der Waals surface area contributed by atoms with Crippen LogP contribution in [-0.4, -0.2) is 29.0 Å². The number of carbonyl (C=O) groups is 1. The third-order valence-corrected chi connectivity index (χ3v) is 1.22. The zero-order valence-corrected chi connectivity index (χ0v) is 5.53. The van der Waals surface area contributed by atoms with E-state index in [1.54, 1.807) is 0 Å². The van der Waals surface area contributed by atoms with Crippen LogP contribution in [0.4, 0.5) is 0 Å². The van der Waals surface area contributed by atoms with Gasteiger partial charge in [-0.3, -0.25) is 4.79 Å². The zero-order chi connectivity index (χ0) is 8.15. The lowest BCUT2D eigenvalue weighted by Crippen LogP contribution is -2.43. The number of hydrogen-bond donors (Lipinski definition) is 4. The minimum Gasteiger partial charge on any atom is -0.481 e. The molecule has 0 aliphatic rings. The molecule has 0 saturated heterocycles. The Bertz CT molecular complexity index is 115. The molecule has 1 atom stereocenters. The van der Waals surface area contributed by atoms with Crippen molar-refractivity contribution in [3.63, 3.8) is 0 Å². The fraction of sp³-hybridized carbons (Fsp3) is 0.800. The molecule has 60 valence electrons. The van der Waals surface area contributed by atoms with E-state index in [0.717, 1.165) is 0 Å². The molecule has 0 aromatic carbocycles. The van der Waals surface area contributed by atoms with Crippen LogP contribution in [0.2, 0.25) is 0 Å². The fourth-order valence-corrected chi connectivity index (χ4v) is 0.620. The second-order valence-corrected chi connectivity index (χ2v) is 2.03. The fourth-order valence-electron chi connectivity index (χ4n) is 0.620. The molecule has 6 N–H and O–H groups in total. The highest BCUT2D eigenvalue weighted by Crippen LogP contribution is 2.02. The van der Waals surface area contributed by atoms with E-state index in [1.165, 1.54) is 0 Å². The molecule has 1 unspecified atom stereocenters. The van der Waals surface area contributed by atoms with Gasteiger partial charge in [0.05, 0.1) is 12.1 Å². The summed E-state index contributed by atoms with van der Waals surface area (Å²) in [5.41, 5.74) is 10.2. The number of aliphatic carboxylic acids is 1. The third kappa shape index (κ3) is 2.77. The van der Waals surface area contributed by atoms with E-state index < -0.39 is 18.1 Å². The number of hydrogen-bond acceptors (Lipinski definition) is 4. The molecule has 0 rings (SSSR count). The van der Waals surface area contributed by atoms with Gasteiger partial charge in [0.1, 0.15) is 0 Å². The van der Waals surface area contributed by atoms with Crippen LogP contribution < -0.4 is 11.5 Å². The highest BCUT2D eigenvalue weighted by Gasteiger charge is 2.20. The van der Waals surface area contributed by atoms with Gasteiger partial charge in [-0.2, -0.15) is 0 Å². The van der Waals surface area contributed by atoms with Crippen LogP contribution in [0.3, 0.4) is 0 Å². The van der Waals surface area contributed by atoms with Gasteiger partial charge >= 0.3 is 5.97 Å². The zero-order valence-electron chi connectivity index (χ0n) is 5.53. The van der Waals surface area contributed by atoms with Crippen LogP contribution >= 0.6 is 0 Å². The summed E-state index contributed by atoms with van der Waals surface area (Å²) in [4.78, 5) is 10.3. The summed E-state index contributed by atoms with van der Waals surface area (Å²) in [5, 5.41) is 16.8. The molecule has 0 amide bonds. The van der Waals surface area contributed by atoms with E-state index >= 15 is 0 Å². The number of aliphatic hydroxyl groups excluding tert-OH is 1. The summed E-state index contributed by atoms with van der Waals surface area (Å²) in [6.07, 6.45) is -0.794. The summed E-state index contributed by atoms with van der Waals surface area (Å²) in [6.45, 7) is -0.206. The number of aliphatic hydroxyl groups is 1. The smallest absolute Gasteiger partial charge is 0.309 e. The molecule has 10 heavy (non-hydrogen) atoms. The standard InChI is InChI=1S/C5H12N2O3/c6-4(7)3(1-2-8)5(9)10/h3-4,8H,1-2,6-7H2,(H,9,10).